The van der Waals surface area contributed by atoms with Crippen LogP contribution in [-0.2, 0) is 19.1 Å². The predicted molar refractivity (Wildman–Crippen MR) is 168 cm³/mol. The number of anilines is 2. The molecule has 3 aliphatic heterocycles. The van der Waals surface area contributed by atoms with E-state index in [1.807, 2.05) is 44.2 Å². The lowest BCUT2D eigenvalue weighted by Gasteiger charge is -2.39. The molecule has 9 heteroatoms. The van der Waals surface area contributed by atoms with Gasteiger partial charge in [-0.15, -0.1) is 13.2 Å². The summed E-state index contributed by atoms with van der Waals surface area (Å²) in [6, 6.07) is 14.6. The van der Waals surface area contributed by atoms with Crippen LogP contribution in [0.4, 0.5) is 11.4 Å². The quantitative estimate of drug-likeness (QED) is 0.344. The zero-order valence-electron chi connectivity index (χ0n) is 24.8. The third-order valence-corrected chi connectivity index (χ3v) is 9.81. The van der Waals surface area contributed by atoms with E-state index in [2.05, 4.69) is 13.2 Å². The van der Waals surface area contributed by atoms with Gasteiger partial charge in [0.1, 0.15) is 11.6 Å². The molecule has 228 valence electrons. The van der Waals surface area contributed by atoms with Gasteiger partial charge in [-0.3, -0.25) is 14.4 Å². The summed E-state index contributed by atoms with van der Waals surface area (Å²) in [5.74, 6) is -2.57. The molecule has 0 saturated carbocycles. The zero-order valence-corrected chi connectivity index (χ0v) is 25.6. The summed E-state index contributed by atoms with van der Waals surface area (Å²) in [6.45, 7) is 11.7. The molecular formula is C34H40ClN3O5. The number of para-hydroxylation sites is 1. The SMILES string of the molecule is C=CCN(C(=O)C1N([C@@H](CC)CO)C(=O)[C@@H]2[C@H](C(=O)N(CC=C)c3ccccc3)[C@]3(CC)CCC12O3)c1ccc(Cl)cc1. The third-order valence-electron chi connectivity index (χ3n) is 9.56. The molecule has 8 nitrogen and oxygen atoms in total. The highest BCUT2D eigenvalue weighted by Gasteiger charge is 2.79. The number of fused-ring (bicyclic) bond motifs is 1. The number of hydrogen-bond donors (Lipinski definition) is 1. The first-order valence-electron chi connectivity index (χ1n) is 15.0. The molecule has 3 aliphatic rings. The van der Waals surface area contributed by atoms with Crippen molar-refractivity contribution < 1.29 is 24.2 Å². The molecule has 3 heterocycles. The second kappa shape index (κ2) is 12.3. The Hall–Kier alpha value is -3.46. The molecule has 3 saturated heterocycles. The van der Waals surface area contributed by atoms with E-state index in [1.165, 1.54) is 4.90 Å². The maximum absolute atomic E-state index is 14.7. The van der Waals surface area contributed by atoms with Crippen LogP contribution in [0.2, 0.25) is 5.02 Å². The molecule has 5 rings (SSSR count). The highest BCUT2D eigenvalue weighted by atomic mass is 35.5. The largest absolute Gasteiger partial charge is 0.394 e. The molecule has 43 heavy (non-hydrogen) atoms. The number of ether oxygens (including phenoxy) is 1. The molecule has 6 atom stereocenters. The van der Waals surface area contributed by atoms with Crippen molar-refractivity contribution in [2.75, 3.05) is 29.5 Å². The molecule has 2 aromatic carbocycles. The van der Waals surface area contributed by atoms with Crippen molar-refractivity contribution in [1.29, 1.82) is 0 Å². The molecular weight excluding hydrogens is 566 g/mol. The highest BCUT2D eigenvalue weighted by molar-refractivity contribution is 6.30. The topological polar surface area (TPSA) is 90.4 Å². The Bertz CT molecular complexity index is 1380. The van der Waals surface area contributed by atoms with E-state index in [-0.39, 0.29) is 37.4 Å². The number of benzene rings is 2. The van der Waals surface area contributed by atoms with E-state index < -0.39 is 35.1 Å². The molecule has 1 spiro atoms. The fraction of sp³-hybridized carbons (Fsp3) is 0.441. The van der Waals surface area contributed by atoms with Gasteiger partial charge in [-0.05, 0) is 62.1 Å². The van der Waals surface area contributed by atoms with Crippen LogP contribution in [0.1, 0.15) is 39.5 Å². The lowest BCUT2D eigenvalue weighted by atomic mass is 9.64. The van der Waals surface area contributed by atoms with Gasteiger partial charge in [0, 0.05) is 29.5 Å². The second-order valence-electron chi connectivity index (χ2n) is 11.6. The zero-order chi connectivity index (χ0) is 30.9. The van der Waals surface area contributed by atoms with Gasteiger partial charge >= 0.3 is 0 Å². The summed E-state index contributed by atoms with van der Waals surface area (Å²) in [6.07, 6.45) is 5.23. The number of carbonyl (C=O) groups excluding carboxylic acids is 3. The van der Waals surface area contributed by atoms with E-state index in [0.717, 1.165) is 0 Å². The van der Waals surface area contributed by atoms with Gasteiger partial charge in [0.05, 0.1) is 30.1 Å². The number of halogens is 1. The molecule has 1 N–H and O–H groups in total. The van der Waals surface area contributed by atoms with Crippen molar-refractivity contribution in [2.24, 2.45) is 11.8 Å². The fourth-order valence-electron chi connectivity index (χ4n) is 7.57. The first-order valence-corrected chi connectivity index (χ1v) is 15.4. The number of nitrogens with zero attached hydrogens (tertiary/aromatic N) is 3. The average molecular weight is 606 g/mol. The average Bonchev–Trinajstić information content (AvgIpc) is 3.63. The van der Waals surface area contributed by atoms with Gasteiger partial charge in [0.2, 0.25) is 11.8 Å². The van der Waals surface area contributed by atoms with Crippen molar-refractivity contribution in [3.05, 3.63) is 84.9 Å². The van der Waals surface area contributed by atoms with Crippen LogP contribution in [0.3, 0.4) is 0 Å². The van der Waals surface area contributed by atoms with Gasteiger partial charge < -0.3 is 24.5 Å². The maximum Gasteiger partial charge on any atom is 0.253 e. The molecule has 2 unspecified atom stereocenters. The van der Waals surface area contributed by atoms with E-state index in [4.69, 9.17) is 16.3 Å². The van der Waals surface area contributed by atoms with E-state index in [1.54, 1.807) is 46.2 Å². The highest BCUT2D eigenvalue weighted by Crippen LogP contribution is 2.65. The molecule has 2 aromatic rings. The minimum atomic E-state index is -1.23. The van der Waals surface area contributed by atoms with Crippen molar-refractivity contribution in [2.45, 2.75) is 62.8 Å². The Morgan fingerprint density at radius 2 is 1.63 bits per heavy atom. The minimum absolute atomic E-state index is 0.193. The van der Waals surface area contributed by atoms with Gasteiger partial charge in [-0.1, -0.05) is 55.8 Å². The Balaban J connectivity index is 1.64. The number of carbonyl (C=O) groups is 3. The lowest BCUT2D eigenvalue weighted by molar-refractivity contribution is -0.149. The van der Waals surface area contributed by atoms with Crippen LogP contribution < -0.4 is 9.80 Å². The summed E-state index contributed by atoms with van der Waals surface area (Å²) < 4.78 is 6.96. The standard InChI is InChI=1S/C34H40ClN3O5/c1-5-20-36(25-12-10-9-11-13-25)30(40)27-28-31(41)38(24(7-3)22-39)29(34(28)19-18-33(27,8-4)43-34)32(42)37(21-6-2)26-16-14-23(35)15-17-26/h5-6,9-17,24,27-29,39H,1-2,7-8,18-22H2,3-4H3/t24-,27+,28-,29?,33-,34?/m0/s1. The van der Waals surface area contributed by atoms with Crippen LogP contribution in [0.25, 0.3) is 0 Å². The van der Waals surface area contributed by atoms with E-state index >= 15 is 0 Å². The number of aliphatic hydroxyl groups is 1. The number of hydrogen-bond acceptors (Lipinski definition) is 5. The van der Waals surface area contributed by atoms with Crippen molar-refractivity contribution >= 4 is 40.7 Å². The summed E-state index contributed by atoms with van der Waals surface area (Å²) >= 11 is 6.15. The maximum atomic E-state index is 14.7. The summed E-state index contributed by atoms with van der Waals surface area (Å²) in [7, 11) is 0. The summed E-state index contributed by atoms with van der Waals surface area (Å²) in [5, 5.41) is 11.0. The Kier molecular flexibility index (Phi) is 8.84. The summed E-state index contributed by atoms with van der Waals surface area (Å²) in [4.78, 5) is 48.7. The van der Waals surface area contributed by atoms with Crippen LogP contribution in [-0.4, -0.2) is 70.7 Å². The van der Waals surface area contributed by atoms with Crippen molar-refractivity contribution in [1.82, 2.24) is 4.90 Å². The van der Waals surface area contributed by atoms with Gasteiger partial charge in [-0.2, -0.15) is 0 Å². The van der Waals surface area contributed by atoms with E-state index in [0.29, 0.717) is 42.1 Å². The van der Waals surface area contributed by atoms with Gasteiger partial charge in [0.15, 0.2) is 0 Å². The molecule has 2 bridgehead atoms. The first kappa shape index (κ1) is 31.0. The van der Waals surface area contributed by atoms with Crippen LogP contribution >= 0.6 is 11.6 Å². The predicted octanol–water partition coefficient (Wildman–Crippen LogP) is 5.00. The fourth-order valence-corrected chi connectivity index (χ4v) is 7.69. The number of aliphatic hydroxyl groups excluding tert-OH is 1. The van der Waals surface area contributed by atoms with Gasteiger partial charge in [0.25, 0.3) is 5.91 Å². The molecule has 0 radical (unpaired) electrons. The normalized spacial score (nSPS) is 28.0. The molecule has 0 aliphatic carbocycles. The Labute approximate surface area is 258 Å². The van der Waals surface area contributed by atoms with Crippen LogP contribution in [0, 0.1) is 11.8 Å². The smallest absolute Gasteiger partial charge is 0.253 e. The van der Waals surface area contributed by atoms with Gasteiger partial charge in [-0.25, -0.2) is 0 Å². The second-order valence-corrected chi connectivity index (χ2v) is 12.0. The molecule has 0 aromatic heterocycles. The van der Waals surface area contributed by atoms with Crippen molar-refractivity contribution in [3.8, 4) is 0 Å². The Morgan fingerprint density at radius 3 is 2.19 bits per heavy atom. The molecule has 3 amide bonds. The van der Waals surface area contributed by atoms with E-state index in [9.17, 15) is 19.5 Å². The number of amides is 3. The van der Waals surface area contributed by atoms with Crippen LogP contribution in [0.5, 0.6) is 0 Å². The number of likely N-dealkylation sites (tertiary alicyclic amines) is 1. The first-order chi connectivity index (χ1) is 20.7. The molecule has 3 fully saturated rings. The minimum Gasteiger partial charge on any atom is -0.394 e. The number of rotatable bonds is 12. The lowest BCUT2D eigenvalue weighted by Crippen LogP contribution is -2.59. The summed E-state index contributed by atoms with van der Waals surface area (Å²) in [5.41, 5.74) is -0.826. The third kappa shape index (κ3) is 4.89. The monoisotopic (exact) mass is 605 g/mol. The Morgan fingerprint density at radius 1 is 1.02 bits per heavy atom. The van der Waals surface area contributed by atoms with Crippen LogP contribution in [0.15, 0.2) is 79.9 Å². The van der Waals surface area contributed by atoms with Crippen molar-refractivity contribution in [3.63, 3.8) is 0 Å².